The van der Waals surface area contributed by atoms with E-state index in [1.165, 1.54) is 12.1 Å². The van der Waals surface area contributed by atoms with E-state index in [0.717, 1.165) is 16.9 Å². The molecule has 2 N–H and O–H groups in total. The molecule has 6 heteroatoms. The molecule has 110 valence electrons. The predicted molar refractivity (Wildman–Crippen MR) is 81.5 cm³/mol. The molecule has 0 unspecified atom stereocenters. The average Bonchev–Trinajstić information content (AvgIpc) is 2.46. The average molecular weight is 307 g/mol. The van der Waals surface area contributed by atoms with Crippen molar-refractivity contribution < 1.29 is 9.66 Å². The summed E-state index contributed by atoms with van der Waals surface area (Å²) in [5.41, 5.74) is 8.23. The van der Waals surface area contributed by atoms with Gasteiger partial charge in [0.15, 0.2) is 0 Å². The summed E-state index contributed by atoms with van der Waals surface area (Å²) >= 11 is 6.04. The van der Waals surface area contributed by atoms with Crippen LogP contribution in [0.1, 0.15) is 16.7 Å². The van der Waals surface area contributed by atoms with Crippen LogP contribution in [0.15, 0.2) is 36.4 Å². The van der Waals surface area contributed by atoms with Crippen LogP contribution in [0.3, 0.4) is 0 Å². The number of nitrogens with zero attached hydrogens (tertiary/aromatic N) is 1. The molecule has 0 aliphatic rings. The first-order valence-corrected chi connectivity index (χ1v) is 6.75. The largest absolute Gasteiger partial charge is 0.488 e. The standard InChI is InChI=1S/C15H15ClN2O3/c1-10-3-2-4-11(8-17)15(10)21-9-12-5-6-13(18(19)20)7-14(12)16/h2-7H,8-9,17H2,1H3. The van der Waals surface area contributed by atoms with Gasteiger partial charge in [0, 0.05) is 29.8 Å². The summed E-state index contributed by atoms with van der Waals surface area (Å²) in [6.07, 6.45) is 0. The number of non-ortho nitro benzene ring substituents is 1. The van der Waals surface area contributed by atoms with Crippen molar-refractivity contribution in [3.05, 3.63) is 68.2 Å². The Morgan fingerprint density at radius 2 is 2.05 bits per heavy atom. The molecular weight excluding hydrogens is 292 g/mol. The summed E-state index contributed by atoms with van der Waals surface area (Å²) in [5, 5.41) is 11.0. The zero-order valence-electron chi connectivity index (χ0n) is 11.5. The lowest BCUT2D eigenvalue weighted by Crippen LogP contribution is -2.04. The monoisotopic (exact) mass is 306 g/mol. The van der Waals surface area contributed by atoms with Crippen molar-refractivity contribution in [3.63, 3.8) is 0 Å². The van der Waals surface area contributed by atoms with Gasteiger partial charge in [0.1, 0.15) is 12.4 Å². The van der Waals surface area contributed by atoms with E-state index in [-0.39, 0.29) is 12.3 Å². The molecule has 0 bridgehead atoms. The molecule has 0 spiro atoms. The molecule has 21 heavy (non-hydrogen) atoms. The Labute approximate surface area is 127 Å². The number of nitro benzene ring substituents is 1. The second-order valence-corrected chi connectivity index (χ2v) is 5.00. The first-order valence-electron chi connectivity index (χ1n) is 6.37. The van der Waals surface area contributed by atoms with Crippen molar-refractivity contribution in [1.29, 1.82) is 0 Å². The van der Waals surface area contributed by atoms with Crippen molar-refractivity contribution >= 4 is 17.3 Å². The predicted octanol–water partition coefficient (Wildman–Crippen LogP) is 3.59. The van der Waals surface area contributed by atoms with Crippen LogP contribution in [0, 0.1) is 17.0 Å². The van der Waals surface area contributed by atoms with Gasteiger partial charge in [-0.15, -0.1) is 0 Å². The number of hydrogen-bond donors (Lipinski definition) is 1. The van der Waals surface area contributed by atoms with Crippen LogP contribution in [0.25, 0.3) is 0 Å². The molecule has 0 radical (unpaired) electrons. The van der Waals surface area contributed by atoms with E-state index in [4.69, 9.17) is 22.1 Å². The maximum Gasteiger partial charge on any atom is 0.270 e. The second-order valence-electron chi connectivity index (χ2n) is 4.59. The Balaban J connectivity index is 2.19. The van der Waals surface area contributed by atoms with E-state index in [1.807, 2.05) is 25.1 Å². The number of para-hydroxylation sites is 1. The lowest BCUT2D eigenvalue weighted by atomic mass is 10.1. The van der Waals surface area contributed by atoms with Crippen LogP contribution in [-0.2, 0) is 13.2 Å². The quantitative estimate of drug-likeness (QED) is 0.676. The number of nitro groups is 1. The molecule has 0 amide bonds. The van der Waals surface area contributed by atoms with E-state index >= 15 is 0 Å². The molecule has 0 saturated carbocycles. The Hall–Kier alpha value is -2.11. The molecule has 0 atom stereocenters. The van der Waals surface area contributed by atoms with Crippen LogP contribution in [0.4, 0.5) is 5.69 Å². The summed E-state index contributed by atoms with van der Waals surface area (Å²) in [6, 6.07) is 10.1. The van der Waals surface area contributed by atoms with Gasteiger partial charge in [-0.1, -0.05) is 29.8 Å². The lowest BCUT2D eigenvalue weighted by molar-refractivity contribution is -0.384. The Bertz CT molecular complexity index is 674. The van der Waals surface area contributed by atoms with Crippen LogP contribution < -0.4 is 10.5 Å². The fraction of sp³-hybridized carbons (Fsp3) is 0.200. The number of benzene rings is 2. The fourth-order valence-corrected chi connectivity index (χ4v) is 2.23. The highest BCUT2D eigenvalue weighted by Crippen LogP contribution is 2.27. The SMILES string of the molecule is Cc1cccc(CN)c1OCc1ccc([N+](=O)[O-])cc1Cl. The molecule has 0 aliphatic carbocycles. The third-order valence-corrected chi connectivity index (χ3v) is 3.48. The van der Waals surface area contributed by atoms with Crippen molar-refractivity contribution in [2.45, 2.75) is 20.1 Å². The maximum atomic E-state index is 10.7. The first kappa shape index (κ1) is 15.3. The van der Waals surface area contributed by atoms with Gasteiger partial charge in [0.2, 0.25) is 0 Å². The Morgan fingerprint density at radius 3 is 2.67 bits per heavy atom. The molecule has 0 heterocycles. The van der Waals surface area contributed by atoms with Gasteiger partial charge >= 0.3 is 0 Å². The van der Waals surface area contributed by atoms with E-state index < -0.39 is 4.92 Å². The highest BCUT2D eigenvalue weighted by molar-refractivity contribution is 6.31. The van der Waals surface area contributed by atoms with E-state index in [9.17, 15) is 10.1 Å². The molecular formula is C15H15ClN2O3. The van der Waals surface area contributed by atoms with Gasteiger partial charge < -0.3 is 10.5 Å². The maximum absolute atomic E-state index is 10.7. The second kappa shape index (κ2) is 6.56. The van der Waals surface area contributed by atoms with E-state index in [0.29, 0.717) is 17.1 Å². The highest BCUT2D eigenvalue weighted by Gasteiger charge is 2.11. The minimum atomic E-state index is -0.482. The van der Waals surface area contributed by atoms with Gasteiger partial charge in [-0.2, -0.15) is 0 Å². The first-order chi connectivity index (χ1) is 10.0. The van der Waals surface area contributed by atoms with Crippen LogP contribution in [0.5, 0.6) is 5.75 Å². The number of nitrogens with two attached hydrogens (primary N) is 1. The number of hydrogen-bond acceptors (Lipinski definition) is 4. The molecule has 0 saturated heterocycles. The van der Waals surface area contributed by atoms with Gasteiger partial charge in [-0.05, 0) is 18.6 Å². The lowest BCUT2D eigenvalue weighted by Gasteiger charge is -2.13. The van der Waals surface area contributed by atoms with Crippen molar-refractivity contribution in [3.8, 4) is 5.75 Å². The minimum absolute atomic E-state index is 0.0395. The van der Waals surface area contributed by atoms with Crippen LogP contribution in [-0.4, -0.2) is 4.92 Å². The topological polar surface area (TPSA) is 78.4 Å². The van der Waals surface area contributed by atoms with Crippen molar-refractivity contribution in [2.75, 3.05) is 0 Å². The number of ether oxygens (including phenoxy) is 1. The number of rotatable bonds is 5. The molecule has 2 aromatic rings. The molecule has 2 aromatic carbocycles. The van der Waals surface area contributed by atoms with Crippen LogP contribution in [0.2, 0.25) is 5.02 Å². The van der Waals surface area contributed by atoms with Gasteiger partial charge in [0.25, 0.3) is 5.69 Å². The van der Waals surface area contributed by atoms with E-state index in [1.54, 1.807) is 6.07 Å². The number of aryl methyl sites for hydroxylation is 1. The van der Waals surface area contributed by atoms with Gasteiger partial charge in [-0.3, -0.25) is 10.1 Å². The molecule has 0 aliphatic heterocycles. The Kier molecular flexibility index (Phi) is 4.77. The number of halogens is 1. The van der Waals surface area contributed by atoms with Crippen molar-refractivity contribution in [2.24, 2.45) is 5.73 Å². The summed E-state index contributed by atoms with van der Waals surface area (Å²) in [4.78, 5) is 10.2. The van der Waals surface area contributed by atoms with Gasteiger partial charge in [-0.25, -0.2) is 0 Å². The molecule has 0 aromatic heterocycles. The summed E-state index contributed by atoms with van der Waals surface area (Å²) in [6.45, 7) is 2.55. The third kappa shape index (κ3) is 3.51. The Morgan fingerprint density at radius 1 is 1.29 bits per heavy atom. The zero-order valence-corrected chi connectivity index (χ0v) is 12.3. The summed E-state index contributed by atoms with van der Waals surface area (Å²) in [5.74, 6) is 0.731. The van der Waals surface area contributed by atoms with Gasteiger partial charge in [0.05, 0.1) is 9.95 Å². The highest BCUT2D eigenvalue weighted by atomic mass is 35.5. The summed E-state index contributed by atoms with van der Waals surface area (Å²) < 4.78 is 5.79. The van der Waals surface area contributed by atoms with Crippen LogP contribution >= 0.6 is 11.6 Å². The fourth-order valence-electron chi connectivity index (χ4n) is 2.00. The molecule has 2 rings (SSSR count). The van der Waals surface area contributed by atoms with Crippen molar-refractivity contribution in [1.82, 2.24) is 0 Å². The van der Waals surface area contributed by atoms with E-state index in [2.05, 4.69) is 0 Å². The molecule has 0 fully saturated rings. The normalized spacial score (nSPS) is 10.4. The smallest absolute Gasteiger partial charge is 0.270 e. The molecule has 5 nitrogen and oxygen atoms in total. The third-order valence-electron chi connectivity index (χ3n) is 3.13. The summed E-state index contributed by atoms with van der Waals surface area (Å²) in [7, 11) is 0. The zero-order chi connectivity index (χ0) is 15.4. The minimum Gasteiger partial charge on any atom is -0.488 e.